The van der Waals surface area contributed by atoms with Crippen molar-refractivity contribution < 1.29 is 9.53 Å². The molecule has 0 saturated carbocycles. The van der Waals surface area contributed by atoms with Crippen LogP contribution in [0.4, 0.5) is 5.95 Å². The Balaban J connectivity index is 1.41. The lowest BCUT2D eigenvalue weighted by molar-refractivity contribution is -0.125. The van der Waals surface area contributed by atoms with Crippen molar-refractivity contribution in [3.63, 3.8) is 0 Å². The molecule has 162 valence electrons. The van der Waals surface area contributed by atoms with Crippen molar-refractivity contribution in [2.24, 2.45) is 5.92 Å². The summed E-state index contributed by atoms with van der Waals surface area (Å²) in [6.07, 6.45) is 7.52. The van der Waals surface area contributed by atoms with E-state index in [2.05, 4.69) is 20.2 Å². The summed E-state index contributed by atoms with van der Waals surface area (Å²) in [4.78, 5) is 32.6. The molecule has 31 heavy (non-hydrogen) atoms. The minimum Gasteiger partial charge on any atom is -0.494 e. The number of rotatable bonds is 7. The predicted molar refractivity (Wildman–Crippen MR) is 119 cm³/mol. The minimum absolute atomic E-state index is 0.0736. The van der Waals surface area contributed by atoms with Gasteiger partial charge >= 0.3 is 0 Å². The molecular weight excluding hydrogens is 392 g/mol. The second-order valence-corrected chi connectivity index (χ2v) is 7.74. The third-order valence-electron chi connectivity index (χ3n) is 5.53. The van der Waals surface area contributed by atoms with Gasteiger partial charge in [-0.25, -0.2) is 9.97 Å². The zero-order valence-electron chi connectivity index (χ0n) is 18.0. The monoisotopic (exact) mass is 420 g/mol. The van der Waals surface area contributed by atoms with Gasteiger partial charge in [0.05, 0.1) is 29.4 Å². The number of anilines is 1. The van der Waals surface area contributed by atoms with E-state index in [1.54, 1.807) is 18.6 Å². The fourth-order valence-corrected chi connectivity index (χ4v) is 3.93. The molecular formula is C23H28N6O2. The maximum Gasteiger partial charge on any atom is 0.226 e. The Morgan fingerprint density at radius 1 is 1.29 bits per heavy atom. The van der Waals surface area contributed by atoms with Gasteiger partial charge in [-0.2, -0.15) is 0 Å². The van der Waals surface area contributed by atoms with E-state index in [9.17, 15) is 4.79 Å². The molecule has 1 atom stereocenters. The fraction of sp³-hybridized carbons (Fsp3) is 0.435. The second kappa shape index (κ2) is 9.68. The third-order valence-corrected chi connectivity index (χ3v) is 5.53. The summed E-state index contributed by atoms with van der Waals surface area (Å²) in [5, 5.41) is 4.03. The number of nitrogens with zero attached hydrogens (tertiary/aromatic N) is 5. The number of benzene rings is 1. The Morgan fingerprint density at radius 2 is 2.19 bits per heavy atom. The lowest BCUT2D eigenvalue weighted by atomic mass is 9.97. The van der Waals surface area contributed by atoms with Crippen LogP contribution in [0.25, 0.3) is 10.9 Å². The summed E-state index contributed by atoms with van der Waals surface area (Å²) in [6, 6.07) is 5.90. The second-order valence-electron chi connectivity index (χ2n) is 7.74. The first kappa shape index (κ1) is 21.0. The summed E-state index contributed by atoms with van der Waals surface area (Å²) in [7, 11) is 0. The standard InChI is InChI=1S/C23H28N6O2/c1-3-31-19-6-7-21-20(13-19)16(2)27-23(28-21)29-12-4-5-17(15-29)22(30)26-9-8-18-14-24-10-11-25-18/h6-7,10-11,13-14,17H,3-5,8-9,12,15H2,1-2H3,(H,26,30)/t17-/m1/s1. The van der Waals surface area contributed by atoms with Crippen molar-refractivity contribution in [2.45, 2.75) is 33.1 Å². The van der Waals surface area contributed by atoms with Gasteiger partial charge in [0.25, 0.3) is 0 Å². The van der Waals surface area contributed by atoms with Crippen LogP contribution in [-0.4, -0.2) is 52.1 Å². The van der Waals surface area contributed by atoms with Crippen molar-refractivity contribution in [2.75, 3.05) is 31.1 Å². The molecule has 1 aromatic carbocycles. The van der Waals surface area contributed by atoms with Crippen LogP contribution in [0.5, 0.6) is 5.75 Å². The van der Waals surface area contributed by atoms with Crippen molar-refractivity contribution in [1.29, 1.82) is 0 Å². The summed E-state index contributed by atoms with van der Waals surface area (Å²) < 4.78 is 5.60. The van der Waals surface area contributed by atoms with Gasteiger partial charge < -0.3 is 15.0 Å². The highest BCUT2D eigenvalue weighted by molar-refractivity contribution is 5.83. The molecule has 1 saturated heterocycles. The first-order valence-electron chi connectivity index (χ1n) is 10.8. The van der Waals surface area contributed by atoms with Crippen LogP contribution < -0.4 is 15.0 Å². The first-order chi connectivity index (χ1) is 15.1. The molecule has 4 rings (SSSR count). The van der Waals surface area contributed by atoms with Crippen molar-refractivity contribution in [3.8, 4) is 5.75 Å². The summed E-state index contributed by atoms with van der Waals surface area (Å²) in [5.41, 5.74) is 2.68. The molecule has 0 radical (unpaired) electrons. The van der Waals surface area contributed by atoms with Crippen LogP contribution in [0.2, 0.25) is 0 Å². The van der Waals surface area contributed by atoms with Gasteiger partial charge in [0.2, 0.25) is 11.9 Å². The average Bonchev–Trinajstić information content (AvgIpc) is 2.80. The van der Waals surface area contributed by atoms with E-state index in [0.29, 0.717) is 32.1 Å². The number of hydrogen-bond donors (Lipinski definition) is 1. The number of amides is 1. The lowest BCUT2D eigenvalue weighted by Crippen LogP contribution is -2.44. The molecule has 0 spiro atoms. The average molecular weight is 421 g/mol. The highest BCUT2D eigenvalue weighted by atomic mass is 16.5. The Bertz CT molecular complexity index is 1040. The number of nitrogens with one attached hydrogen (secondary N) is 1. The van der Waals surface area contributed by atoms with Gasteiger partial charge in [0.15, 0.2) is 0 Å². The lowest BCUT2D eigenvalue weighted by Gasteiger charge is -2.32. The molecule has 1 aliphatic rings. The van der Waals surface area contributed by atoms with Gasteiger partial charge in [0.1, 0.15) is 5.75 Å². The van der Waals surface area contributed by atoms with Crippen LogP contribution in [-0.2, 0) is 11.2 Å². The maximum atomic E-state index is 12.7. The summed E-state index contributed by atoms with van der Waals surface area (Å²) >= 11 is 0. The smallest absolute Gasteiger partial charge is 0.226 e. The van der Waals surface area contributed by atoms with Crippen LogP contribution >= 0.6 is 0 Å². The van der Waals surface area contributed by atoms with E-state index in [-0.39, 0.29) is 11.8 Å². The molecule has 1 amide bonds. The molecule has 0 unspecified atom stereocenters. The van der Waals surface area contributed by atoms with Gasteiger partial charge in [-0.3, -0.25) is 14.8 Å². The number of ether oxygens (including phenoxy) is 1. The number of fused-ring (bicyclic) bond motifs is 1. The number of carbonyl (C=O) groups is 1. The van der Waals surface area contributed by atoms with Gasteiger partial charge in [-0.1, -0.05) is 0 Å². The highest BCUT2D eigenvalue weighted by Crippen LogP contribution is 2.26. The van der Waals surface area contributed by atoms with Crippen molar-refractivity contribution in [1.82, 2.24) is 25.3 Å². The summed E-state index contributed by atoms with van der Waals surface area (Å²) in [5.74, 6) is 1.51. The van der Waals surface area contributed by atoms with E-state index in [0.717, 1.165) is 47.4 Å². The number of carbonyl (C=O) groups excluding carboxylic acids is 1. The Morgan fingerprint density at radius 3 is 3.00 bits per heavy atom. The number of aryl methyl sites for hydroxylation is 1. The quantitative estimate of drug-likeness (QED) is 0.628. The van der Waals surface area contributed by atoms with Crippen LogP contribution in [0.3, 0.4) is 0 Å². The van der Waals surface area contributed by atoms with E-state index >= 15 is 0 Å². The molecule has 3 aromatic rings. The molecule has 8 nitrogen and oxygen atoms in total. The van der Waals surface area contributed by atoms with Crippen LogP contribution in [0, 0.1) is 12.8 Å². The molecule has 0 aliphatic carbocycles. The molecule has 1 fully saturated rings. The predicted octanol–water partition coefficient (Wildman–Crippen LogP) is 2.70. The Kier molecular flexibility index (Phi) is 6.54. The normalized spacial score (nSPS) is 16.3. The Hall–Kier alpha value is -3.29. The van der Waals surface area contributed by atoms with E-state index in [1.165, 1.54) is 0 Å². The topological polar surface area (TPSA) is 93.1 Å². The van der Waals surface area contributed by atoms with Gasteiger partial charge in [-0.15, -0.1) is 0 Å². The molecule has 1 N–H and O–H groups in total. The number of aromatic nitrogens is 4. The molecule has 3 heterocycles. The van der Waals surface area contributed by atoms with Gasteiger partial charge in [0, 0.05) is 50.0 Å². The molecule has 1 aliphatic heterocycles. The fourth-order valence-electron chi connectivity index (χ4n) is 3.93. The zero-order chi connectivity index (χ0) is 21.6. The van der Waals surface area contributed by atoms with Crippen molar-refractivity contribution >= 4 is 22.8 Å². The molecule has 2 aromatic heterocycles. The molecule has 0 bridgehead atoms. The number of piperidine rings is 1. The Labute approximate surface area is 182 Å². The zero-order valence-corrected chi connectivity index (χ0v) is 18.0. The maximum absolute atomic E-state index is 12.7. The van der Waals surface area contributed by atoms with Crippen LogP contribution in [0.15, 0.2) is 36.8 Å². The van der Waals surface area contributed by atoms with E-state index in [1.807, 2.05) is 32.0 Å². The third kappa shape index (κ3) is 5.07. The minimum atomic E-state index is -0.0736. The van der Waals surface area contributed by atoms with Crippen molar-refractivity contribution in [3.05, 3.63) is 48.2 Å². The number of hydrogen-bond acceptors (Lipinski definition) is 7. The van der Waals surface area contributed by atoms with Gasteiger partial charge in [-0.05, 0) is 44.9 Å². The van der Waals surface area contributed by atoms with E-state index < -0.39 is 0 Å². The van der Waals surface area contributed by atoms with Crippen LogP contribution in [0.1, 0.15) is 31.2 Å². The van der Waals surface area contributed by atoms with E-state index in [4.69, 9.17) is 14.7 Å². The largest absolute Gasteiger partial charge is 0.494 e. The summed E-state index contributed by atoms with van der Waals surface area (Å²) in [6.45, 7) is 6.62. The highest BCUT2D eigenvalue weighted by Gasteiger charge is 2.27. The SMILES string of the molecule is CCOc1ccc2nc(N3CCC[C@@H](C(=O)NCCc4cnccn4)C3)nc(C)c2c1. The first-order valence-corrected chi connectivity index (χ1v) is 10.8. The molecule has 8 heteroatoms.